The first-order chi connectivity index (χ1) is 9.25. The summed E-state index contributed by atoms with van der Waals surface area (Å²) in [6.45, 7) is 2.08. The van der Waals surface area contributed by atoms with Crippen molar-refractivity contribution < 1.29 is 4.79 Å². The van der Waals surface area contributed by atoms with Crippen molar-refractivity contribution in [2.24, 2.45) is 17.8 Å². The molecule has 98 valence electrons. The molecule has 2 saturated carbocycles. The highest BCUT2D eigenvalue weighted by Gasteiger charge is 2.54. The summed E-state index contributed by atoms with van der Waals surface area (Å²) >= 11 is 0. The summed E-state index contributed by atoms with van der Waals surface area (Å²) in [6, 6.07) is 6.29. The lowest BCUT2D eigenvalue weighted by Gasteiger charge is -2.04. The SMILES string of the molecule is Cc1ccc2[nH]cc(C(=O)C3C4CCCCC43)c2c1. The van der Waals surface area contributed by atoms with Gasteiger partial charge in [0.2, 0.25) is 0 Å². The number of aromatic amines is 1. The zero-order valence-electron chi connectivity index (χ0n) is 11.3. The van der Waals surface area contributed by atoms with E-state index in [1.54, 1.807) is 0 Å². The Morgan fingerprint density at radius 3 is 2.68 bits per heavy atom. The lowest BCUT2D eigenvalue weighted by molar-refractivity contribution is 0.0958. The van der Waals surface area contributed by atoms with Crippen LogP contribution in [0, 0.1) is 24.7 Å². The minimum atomic E-state index is 0.321. The van der Waals surface area contributed by atoms with Crippen LogP contribution in [0.5, 0.6) is 0 Å². The first-order valence-corrected chi connectivity index (χ1v) is 7.37. The lowest BCUT2D eigenvalue weighted by Crippen LogP contribution is -2.03. The number of fused-ring (bicyclic) bond motifs is 2. The van der Waals surface area contributed by atoms with E-state index in [1.807, 2.05) is 6.20 Å². The summed E-state index contributed by atoms with van der Waals surface area (Å²) in [5, 5.41) is 1.11. The van der Waals surface area contributed by atoms with Crippen molar-refractivity contribution in [3.05, 3.63) is 35.5 Å². The zero-order valence-corrected chi connectivity index (χ0v) is 11.3. The fourth-order valence-corrected chi connectivity index (χ4v) is 4.00. The smallest absolute Gasteiger partial charge is 0.168 e. The molecule has 0 aliphatic heterocycles. The molecule has 0 spiro atoms. The number of nitrogens with one attached hydrogen (secondary N) is 1. The van der Waals surface area contributed by atoms with Crippen molar-refractivity contribution in [1.82, 2.24) is 4.98 Å². The number of Topliss-reactive ketones (excluding diaryl/α,β-unsaturated/α-hetero) is 1. The van der Waals surface area contributed by atoms with Gasteiger partial charge in [-0.05, 0) is 43.7 Å². The lowest BCUT2D eigenvalue weighted by atomic mass is 10.0. The number of rotatable bonds is 2. The second-order valence-corrected chi connectivity index (χ2v) is 6.25. The minimum Gasteiger partial charge on any atom is -0.360 e. The number of ketones is 1. The molecule has 0 bridgehead atoms. The molecule has 1 aromatic carbocycles. The Morgan fingerprint density at radius 2 is 1.95 bits per heavy atom. The average molecular weight is 253 g/mol. The highest BCUT2D eigenvalue weighted by molar-refractivity contribution is 6.10. The van der Waals surface area contributed by atoms with Crippen LogP contribution in [-0.2, 0) is 0 Å². The van der Waals surface area contributed by atoms with Crippen LogP contribution in [0.2, 0.25) is 0 Å². The molecule has 4 rings (SSSR count). The third kappa shape index (κ3) is 1.66. The van der Waals surface area contributed by atoms with Gasteiger partial charge < -0.3 is 4.98 Å². The maximum absolute atomic E-state index is 12.7. The molecule has 2 aliphatic rings. The van der Waals surface area contributed by atoms with Gasteiger partial charge in [-0.1, -0.05) is 24.5 Å². The first kappa shape index (κ1) is 11.3. The Hall–Kier alpha value is -1.57. The Bertz CT molecular complexity index is 642. The number of H-pyrrole nitrogens is 1. The van der Waals surface area contributed by atoms with Crippen molar-refractivity contribution in [1.29, 1.82) is 0 Å². The number of benzene rings is 1. The molecule has 1 heterocycles. The van der Waals surface area contributed by atoms with Gasteiger partial charge in [0.25, 0.3) is 0 Å². The number of aromatic nitrogens is 1. The Balaban J connectivity index is 1.71. The van der Waals surface area contributed by atoms with E-state index in [2.05, 4.69) is 30.1 Å². The van der Waals surface area contributed by atoms with Crippen LogP contribution in [0.3, 0.4) is 0 Å². The summed E-state index contributed by atoms with van der Waals surface area (Å²) in [4.78, 5) is 16.0. The van der Waals surface area contributed by atoms with Crippen LogP contribution in [0.25, 0.3) is 10.9 Å². The van der Waals surface area contributed by atoms with E-state index >= 15 is 0 Å². The Kier molecular flexibility index (Phi) is 2.35. The van der Waals surface area contributed by atoms with Crippen LogP contribution >= 0.6 is 0 Å². The van der Waals surface area contributed by atoms with Gasteiger partial charge in [-0.3, -0.25) is 4.79 Å². The van der Waals surface area contributed by atoms with Gasteiger partial charge in [-0.15, -0.1) is 0 Å². The van der Waals surface area contributed by atoms with Crippen LogP contribution in [0.15, 0.2) is 24.4 Å². The van der Waals surface area contributed by atoms with Gasteiger partial charge in [0.05, 0.1) is 0 Å². The van der Waals surface area contributed by atoms with Crippen molar-refractivity contribution in [3.63, 3.8) is 0 Å². The van der Waals surface area contributed by atoms with E-state index < -0.39 is 0 Å². The van der Waals surface area contributed by atoms with E-state index in [0.29, 0.717) is 23.5 Å². The molecule has 2 unspecified atom stereocenters. The van der Waals surface area contributed by atoms with E-state index in [9.17, 15) is 4.79 Å². The number of aryl methyl sites for hydroxylation is 1. The number of carbonyl (C=O) groups excluding carboxylic acids is 1. The molecule has 1 aromatic heterocycles. The second kappa shape index (κ2) is 3.96. The van der Waals surface area contributed by atoms with Crippen molar-refractivity contribution in [3.8, 4) is 0 Å². The van der Waals surface area contributed by atoms with Crippen LogP contribution in [-0.4, -0.2) is 10.8 Å². The van der Waals surface area contributed by atoms with Gasteiger partial charge in [-0.25, -0.2) is 0 Å². The van der Waals surface area contributed by atoms with Gasteiger partial charge in [-0.2, -0.15) is 0 Å². The van der Waals surface area contributed by atoms with Crippen LogP contribution in [0.1, 0.15) is 41.6 Å². The monoisotopic (exact) mass is 253 g/mol. The van der Waals surface area contributed by atoms with Gasteiger partial charge in [0, 0.05) is 28.6 Å². The topological polar surface area (TPSA) is 32.9 Å². The normalized spacial score (nSPS) is 29.2. The maximum Gasteiger partial charge on any atom is 0.168 e. The minimum absolute atomic E-state index is 0.321. The fourth-order valence-electron chi connectivity index (χ4n) is 4.00. The molecule has 2 aliphatic carbocycles. The Labute approximate surface area is 113 Å². The van der Waals surface area contributed by atoms with Crippen molar-refractivity contribution in [2.45, 2.75) is 32.6 Å². The average Bonchev–Trinajstić information content (AvgIpc) is 3.01. The van der Waals surface area contributed by atoms with E-state index in [4.69, 9.17) is 0 Å². The molecule has 2 atom stereocenters. The molecule has 2 heteroatoms. The number of hydrogen-bond donors (Lipinski definition) is 1. The third-order valence-corrected chi connectivity index (χ3v) is 5.06. The van der Waals surface area contributed by atoms with Gasteiger partial charge in [0.15, 0.2) is 5.78 Å². The molecular formula is C17H19NO. The van der Waals surface area contributed by atoms with Gasteiger partial charge >= 0.3 is 0 Å². The predicted octanol–water partition coefficient (Wildman–Crippen LogP) is 4.10. The standard InChI is InChI=1S/C17H19NO/c1-10-6-7-15-13(8-10)14(9-18-15)17(19)16-11-4-2-3-5-12(11)16/h6-9,11-12,16,18H,2-5H2,1H3. The van der Waals surface area contributed by atoms with E-state index in [1.165, 1.54) is 31.2 Å². The summed E-state index contributed by atoms with van der Waals surface area (Å²) in [7, 11) is 0. The van der Waals surface area contributed by atoms with E-state index in [0.717, 1.165) is 16.5 Å². The Morgan fingerprint density at radius 1 is 1.21 bits per heavy atom. The molecule has 0 amide bonds. The van der Waals surface area contributed by atoms with Crippen molar-refractivity contribution >= 4 is 16.7 Å². The highest BCUT2D eigenvalue weighted by Crippen LogP contribution is 2.56. The summed E-state index contributed by atoms with van der Waals surface area (Å²) in [5.74, 6) is 2.09. The van der Waals surface area contributed by atoms with Gasteiger partial charge in [0.1, 0.15) is 0 Å². The number of carbonyl (C=O) groups is 1. The van der Waals surface area contributed by atoms with Crippen LogP contribution in [0.4, 0.5) is 0 Å². The molecule has 0 radical (unpaired) electrons. The predicted molar refractivity (Wildman–Crippen MR) is 76.3 cm³/mol. The molecule has 1 N–H and O–H groups in total. The highest BCUT2D eigenvalue weighted by atomic mass is 16.1. The molecule has 19 heavy (non-hydrogen) atoms. The quantitative estimate of drug-likeness (QED) is 0.803. The summed E-state index contributed by atoms with van der Waals surface area (Å²) in [5.41, 5.74) is 3.21. The maximum atomic E-state index is 12.7. The van der Waals surface area contributed by atoms with Crippen LogP contribution < -0.4 is 0 Å². The summed E-state index contributed by atoms with van der Waals surface area (Å²) < 4.78 is 0. The largest absolute Gasteiger partial charge is 0.360 e. The number of hydrogen-bond acceptors (Lipinski definition) is 1. The fraction of sp³-hybridized carbons (Fsp3) is 0.471. The van der Waals surface area contributed by atoms with Crippen molar-refractivity contribution in [2.75, 3.05) is 0 Å². The second-order valence-electron chi connectivity index (χ2n) is 6.25. The molecule has 2 fully saturated rings. The summed E-state index contributed by atoms with van der Waals surface area (Å²) in [6.07, 6.45) is 7.08. The zero-order chi connectivity index (χ0) is 13.0. The third-order valence-electron chi connectivity index (χ3n) is 5.06. The molecule has 2 aromatic rings. The molecule has 0 saturated heterocycles. The molecular weight excluding hydrogens is 234 g/mol. The van der Waals surface area contributed by atoms with E-state index in [-0.39, 0.29) is 0 Å². The molecule has 2 nitrogen and oxygen atoms in total. The first-order valence-electron chi connectivity index (χ1n) is 7.37.